The van der Waals surface area contributed by atoms with Crippen LogP contribution in [0.5, 0.6) is 0 Å². The molecule has 2 atom stereocenters. The van der Waals surface area contributed by atoms with Gasteiger partial charge in [-0.05, 0) is 48.3 Å². The second kappa shape index (κ2) is 6.47. The molecule has 3 heteroatoms. The molecule has 0 aliphatic rings. The van der Waals surface area contributed by atoms with E-state index in [0.717, 1.165) is 18.9 Å². The van der Waals surface area contributed by atoms with Crippen LogP contribution in [0.2, 0.25) is 0 Å². The van der Waals surface area contributed by atoms with E-state index in [1.807, 2.05) is 0 Å². The molecule has 1 aromatic rings. The first-order valence-electron chi connectivity index (χ1n) is 6.86. The minimum absolute atomic E-state index is 0.0569. The summed E-state index contributed by atoms with van der Waals surface area (Å²) >= 11 is 0. The first kappa shape index (κ1) is 16.1. The monoisotopic (exact) mass is 269 g/mol. The highest BCUT2D eigenvalue weighted by atomic mass is 19.1. The van der Waals surface area contributed by atoms with Gasteiger partial charge in [-0.1, -0.05) is 27.7 Å². The fourth-order valence-corrected chi connectivity index (χ4v) is 2.76. The second-order valence-electron chi connectivity index (χ2n) is 6.85. The van der Waals surface area contributed by atoms with Gasteiger partial charge in [0.2, 0.25) is 0 Å². The van der Waals surface area contributed by atoms with Crippen molar-refractivity contribution in [1.82, 2.24) is 0 Å². The molecular weight excluding hydrogens is 244 g/mol. The predicted molar refractivity (Wildman–Crippen MR) is 75.9 cm³/mol. The van der Waals surface area contributed by atoms with Gasteiger partial charge in [0.05, 0.1) is 0 Å². The quantitative estimate of drug-likeness (QED) is 0.847. The van der Waals surface area contributed by atoms with Gasteiger partial charge in [-0.25, -0.2) is 8.78 Å². The van der Waals surface area contributed by atoms with Gasteiger partial charge in [0, 0.05) is 12.1 Å². The van der Waals surface area contributed by atoms with Gasteiger partial charge in [0.15, 0.2) is 0 Å². The Kier molecular flexibility index (Phi) is 5.48. The van der Waals surface area contributed by atoms with Crippen LogP contribution in [-0.2, 0) is 6.42 Å². The number of benzene rings is 1. The van der Waals surface area contributed by atoms with Crippen LogP contribution in [0.3, 0.4) is 0 Å². The summed E-state index contributed by atoms with van der Waals surface area (Å²) in [6.07, 6.45) is 2.48. The van der Waals surface area contributed by atoms with Gasteiger partial charge < -0.3 is 5.73 Å². The molecule has 2 N–H and O–H groups in total. The minimum Gasteiger partial charge on any atom is -0.327 e. The fourth-order valence-electron chi connectivity index (χ4n) is 2.76. The lowest BCUT2D eigenvalue weighted by Crippen LogP contribution is -2.27. The van der Waals surface area contributed by atoms with Crippen molar-refractivity contribution in [2.45, 2.75) is 53.0 Å². The number of hydrogen-bond donors (Lipinski definition) is 1. The summed E-state index contributed by atoms with van der Waals surface area (Å²) < 4.78 is 26.2. The van der Waals surface area contributed by atoms with Gasteiger partial charge in [-0.3, -0.25) is 0 Å². The van der Waals surface area contributed by atoms with Gasteiger partial charge in [0.1, 0.15) is 11.6 Å². The van der Waals surface area contributed by atoms with Crippen LogP contribution in [-0.4, -0.2) is 6.04 Å². The largest absolute Gasteiger partial charge is 0.327 e. The molecule has 108 valence electrons. The normalized spacial score (nSPS) is 15.3. The summed E-state index contributed by atoms with van der Waals surface area (Å²) in [5.74, 6) is -0.566. The molecule has 0 aromatic heterocycles. The Hall–Kier alpha value is -0.960. The van der Waals surface area contributed by atoms with E-state index in [9.17, 15) is 8.78 Å². The Balaban J connectivity index is 2.53. The van der Waals surface area contributed by atoms with E-state index in [2.05, 4.69) is 27.7 Å². The van der Waals surface area contributed by atoms with Crippen molar-refractivity contribution in [2.24, 2.45) is 17.1 Å². The Morgan fingerprint density at radius 3 is 2.11 bits per heavy atom. The van der Waals surface area contributed by atoms with Gasteiger partial charge in [-0.2, -0.15) is 0 Å². The summed E-state index contributed by atoms with van der Waals surface area (Å²) in [4.78, 5) is 0. The minimum atomic E-state index is -0.537. The molecule has 0 spiro atoms. The van der Waals surface area contributed by atoms with Crippen molar-refractivity contribution < 1.29 is 8.78 Å². The topological polar surface area (TPSA) is 26.0 Å². The fraction of sp³-hybridized carbons (Fsp3) is 0.625. The second-order valence-corrected chi connectivity index (χ2v) is 6.85. The van der Waals surface area contributed by atoms with Crippen LogP contribution in [0, 0.1) is 23.0 Å². The molecule has 0 radical (unpaired) electrons. The third kappa shape index (κ3) is 6.67. The van der Waals surface area contributed by atoms with E-state index in [4.69, 9.17) is 5.73 Å². The zero-order chi connectivity index (χ0) is 14.6. The molecule has 0 fully saturated rings. The number of nitrogens with two attached hydrogens (primary N) is 1. The Bertz CT molecular complexity index is 389. The van der Waals surface area contributed by atoms with E-state index in [1.54, 1.807) is 0 Å². The third-order valence-corrected chi connectivity index (χ3v) is 3.09. The molecule has 1 nitrogen and oxygen atoms in total. The van der Waals surface area contributed by atoms with E-state index >= 15 is 0 Å². The van der Waals surface area contributed by atoms with Crippen molar-refractivity contribution >= 4 is 0 Å². The summed E-state index contributed by atoms with van der Waals surface area (Å²) in [5, 5.41) is 0. The van der Waals surface area contributed by atoms with E-state index in [1.165, 1.54) is 12.1 Å². The average Bonchev–Trinajstić information content (AvgIpc) is 2.10. The predicted octanol–water partition coefficient (Wildman–Crippen LogP) is 4.30. The Labute approximate surface area is 115 Å². The molecule has 0 aliphatic carbocycles. The molecule has 2 unspecified atom stereocenters. The Morgan fingerprint density at radius 2 is 1.63 bits per heavy atom. The molecule has 0 amide bonds. The maximum atomic E-state index is 13.1. The smallest absolute Gasteiger partial charge is 0.126 e. The van der Waals surface area contributed by atoms with Crippen LogP contribution in [0.25, 0.3) is 0 Å². The van der Waals surface area contributed by atoms with Gasteiger partial charge in [-0.15, -0.1) is 0 Å². The van der Waals surface area contributed by atoms with Crippen LogP contribution in [0.15, 0.2) is 18.2 Å². The van der Waals surface area contributed by atoms with E-state index in [0.29, 0.717) is 17.9 Å². The van der Waals surface area contributed by atoms with Gasteiger partial charge >= 0.3 is 0 Å². The van der Waals surface area contributed by atoms with Crippen LogP contribution >= 0.6 is 0 Å². The summed E-state index contributed by atoms with van der Waals surface area (Å²) in [6.45, 7) is 8.79. The third-order valence-electron chi connectivity index (χ3n) is 3.09. The molecule has 0 saturated heterocycles. The molecular formula is C16H25F2N. The van der Waals surface area contributed by atoms with Crippen LogP contribution in [0.4, 0.5) is 8.78 Å². The number of rotatable bonds is 5. The highest BCUT2D eigenvalue weighted by Crippen LogP contribution is 2.27. The maximum Gasteiger partial charge on any atom is 0.126 e. The first-order valence-corrected chi connectivity index (χ1v) is 6.86. The zero-order valence-corrected chi connectivity index (χ0v) is 12.3. The van der Waals surface area contributed by atoms with Crippen molar-refractivity contribution in [2.75, 3.05) is 0 Å². The van der Waals surface area contributed by atoms with Crippen molar-refractivity contribution in [3.8, 4) is 0 Å². The molecule has 0 heterocycles. The highest BCUT2D eigenvalue weighted by molar-refractivity contribution is 5.18. The first-order chi connectivity index (χ1) is 8.65. The number of halogens is 2. The number of hydrogen-bond acceptors (Lipinski definition) is 1. The summed E-state index contributed by atoms with van der Waals surface area (Å²) in [7, 11) is 0. The lowest BCUT2D eigenvalue weighted by molar-refractivity contribution is 0.285. The lowest BCUT2D eigenvalue weighted by Gasteiger charge is -2.25. The SMILES string of the molecule is CC(CC(N)Cc1cc(F)cc(F)c1)CC(C)(C)C. The summed E-state index contributed by atoms with van der Waals surface area (Å²) in [6, 6.07) is 3.55. The molecule has 0 bridgehead atoms. The van der Waals surface area contributed by atoms with Gasteiger partial charge in [0.25, 0.3) is 0 Å². The lowest BCUT2D eigenvalue weighted by atomic mass is 9.82. The summed E-state index contributed by atoms with van der Waals surface area (Å²) in [5.41, 5.74) is 6.99. The molecule has 0 aliphatic heterocycles. The Morgan fingerprint density at radius 1 is 1.11 bits per heavy atom. The molecule has 1 aromatic carbocycles. The maximum absolute atomic E-state index is 13.1. The standard InChI is InChI=1S/C16H25F2N/c1-11(10-16(2,3)4)5-15(19)8-12-6-13(17)9-14(18)7-12/h6-7,9,11,15H,5,8,10,19H2,1-4H3. The van der Waals surface area contributed by atoms with Crippen LogP contribution < -0.4 is 5.73 Å². The van der Waals surface area contributed by atoms with Crippen molar-refractivity contribution in [3.63, 3.8) is 0 Å². The molecule has 0 saturated carbocycles. The average molecular weight is 269 g/mol. The molecule has 19 heavy (non-hydrogen) atoms. The van der Waals surface area contributed by atoms with Crippen molar-refractivity contribution in [1.29, 1.82) is 0 Å². The van der Waals surface area contributed by atoms with Crippen LogP contribution in [0.1, 0.15) is 46.1 Å². The molecule has 1 rings (SSSR count). The zero-order valence-electron chi connectivity index (χ0n) is 12.3. The van der Waals surface area contributed by atoms with E-state index < -0.39 is 11.6 Å². The van der Waals surface area contributed by atoms with Crippen molar-refractivity contribution in [3.05, 3.63) is 35.4 Å². The highest BCUT2D eigenvalue weighted by Gasteiger charge is 2.18. The van der Waals surface area contributed by atoms with E-state index in [-0.39, 0.29) is 11.5 Å².